The van der Waals surface area contributed by atoms with Crippen molar-refractivity contribution in [3.8, 4) is 0 Å². The highest BCUT2D eigenvalue weighted by Crippen LogP contribution is 2.10. The van der Waals surface area contributed by atoms with Gasteiger partial charge in [0.2, 0.25) is 5.91 Å². The Morgan fingerprint density at radius 2 is 1.79 bits per heavy atom. The molecule has 1 fully saturated rings. The minimum Gasteiger partial charge on any atom is -0.342 e. The van der Waals surface area contributed by atoms with Gasteiger partial charge in [-0.05, 0) is 30.4 Å². The monoisotopic (exact) mass is 258 g/mol. The number of rotatable bonds is 5. The molecule has 0 spiro atoms. The highest BCUT2D eigenvalue weighted by molar-refractivity contribution is 5.78. The van der Waals surface area contributed by atoms with Crippen molar-refractivity contribution in [2.75, 3.05) is 26.2 Å². The fraction of sp³-hybridized carbons (Fsp3) is 0.438. The fourth-order valence-corrected chi connectivity index (χ4v) is 2.35. The van der Waals surface area contributed by atoms with Gasteiger partial charge in [0.1, 0.15) is 0 Å². The van der Waals surface area contributed by atoms with E-state index in [0.717, 1.165) is 37.1 Å². The molecule has 1 amide bonds. The number of piperidine rings is 1. The number of benzene rings is 1. The molecule has 1 N–H and O–H groups in total. The quantitative estimate of drug-likeness (QED) is 0.879. The van der Waals surface area contributed by atoms with Crippen molar-refractivity contribution in [3.05, 3.63) is 42.5 Å². The Bertz CT molecular complexity index is 422. The van der Waals surface area contributed by atoms with Gasteiger partial charge in [0.05, 0.1) is 6.54 Å². The second kappa shape index (κ2) is 7.10. The summed E-state index contributed by atoms with van der Waals surface area (Å²) >= 11 is 0. The van der Waals surface area contributed by atoms with Crippen LogP contribution in [0.3, 0.4) is 0 Å². The van der Waals surface area contributed by atoms with Crippen LogP contribution in [0, 0.1) is 0 Å². The molecule has 19 heavy (non-hydrogen) atoms. The maximum Gasteiger partial charge on any atom is 0.236 e. The van der Waals surface area contributed by atoms with E-state index >= 15 is 0 Å². The average Bonchev–Trinajstić information content (AvgIpc) is 2.49. The zero-order chi connectivity index (χ0) is 13.5. The van der Waals surface area contributed by atoms with Gasteiger partial charge in [0.15, 0.2) is 0 Å². The van der Waals surface area contributed by atoms with Gasteiger partial charge in [-0.1, -0.05) is 36.9 Å². The van der Waals surface area contributed by atoms with E-state index < -0.39 is 0 Å². The highest BCUT2D eigenvalue weighted by Gasteiger charge is 2.15. The van der Waals surface area contributed by atoms with Crippen LogP contribution >= 0.6 is 0 Å². The lowest BCUT2D eigenvalue weighted by atomic mass is 10.1. The molecule has 3 heteroatoms. The summed E-state index contributed by atoms with van der Waals surface area (Å²) in [6.45, 7) is 6.95. The van der Waals surface area contributed by atoms with E-state index in [0.29, 0.717) is 13.1 Å². The summed E-state index contributed by atoms with van der Waals surface area (Å²) in [6, 6.07) is 10.1. The minimum atomic E-state index is 0.209. The van der Waals surface area contributed by atoms with E-state index in [1.54, 1.807) is 0 Å². The van der Waals surface area contributed by atoms with Crippen LogP contribution in [0.4, 0.5) is 0 Å². The predicted molar refractivity (Wildman–Crippen MR) is 78.8 cm³/mol. The molecule has 0 aromatic heterocycles. The van der Waals surface area contributed by atoms with Gasteiger partial charge in [-0.2, -0.15) is 0 Å². The van der Waals surface area contributed by atoms with Gasteiger partial charge in [0.25, 0.3) is 0 Å². The summed E-state index contributed by atoms with van der Waals surface area (Å²) in [7, 11) is 0. The predicted octanol–water partition coefficient (Wildman–Crippen LogP) is 2.30. The van der Waals surface area contributed by atoms with Crippen molar-refractivity contribution in [1.82, 2.24) is 10.2 Å². The van der Waals surface area contributed by atoms with Crippen molar-refractivity contribution in [2.24, 2.45) is 0 Å². The summed E-state index contributed by atoms with van der Waals surface area (Å²) < 4.78 is 0. The molecule has 0 unspecified atom stereocenters. The van der Waals surface area contributed by atoms with Gasteiger partial charge >= 0.3 is 0 Å². The van der Waals surface area contributed by atoms with Gasteiger partial charge in [0, 0.05) is 19.6 Å². The first kappa shape index (κ1) is 13.8. The molecule has 1 aliphatic heterocycles. The molecular formula is C16H22N2O. The average molecular weight is 258 g/mol. The van der Waals surface area contributed by atoms with Gasteiger partial charge < -0.3 is 10.2 Å². The Balaban J connectivity index is 1.71. The van der Waals surface area contributed by atoms with Crippen LogP contribution in [0.5, 0.6) is 0 Å². The van der Waals surface area contributed by atoms with Crippen LogP contribution in [-0.4, -0.2) is 37.0 Å². The van der Waals surface area contributed by atoms with E-state index in [2.05, 4.69) is 11.9 Å². The Labute approximate surface area is 115 Å². The first-order chi connectivity index (χ1) is 9.27. The van der Waals surface area contributed by atoms with Crippen molar-refractivity contribution in [1.29, 1.82) is 0 Å². The van der Waals surface area contributed by atoms with E-state index in [1.165, 1.54) is 6.42 Å². The maximum absolute atomic E-state index is 11.9. The normalized spacial score (nSPS) is 15.3. The molecule has 0 atom stereocenters. The molecule has 2 rings (SSSR count). The zero-order valence-corrected chi connectivity index (χ0v) is 11.4. The summed E-state index contributed by atoms with van der Waals surface area (Å²) in [4.78, 5) is 13.9. The van der Waals surface area contributed by atoms with E-state index in [9.17, 15) is 4.79 Å². The number of nitrogens with zero attached hydrogens (tertiary/aromatic N) is 1. The molecule has 0 saturated carbocycles. The topological polar surface area (TPSA) is 32.3 Å². The number of hydrogen-bond acceptors (Lipinski definition) is 2. The van der Waals surface area contributed by atoms with E-state index in [4.69, 9.17) is 0 Å². The van der Waals surface area contributed by atoms with Crippen LogP contribution in [0.25, 0.3) is 5.57 Å². The molecule has 0 aliphatic carbocycles. The largest absolute Gasteiger partial charge is 0.342 e. The first-order valence-corrected chi connectivity index (χ1v) is 6.99. The highest BCUT2D eigenvalue weighted by atomic mass is 16.2. The Morgan fingerprint density at radius 1 is 1.11 bits per heavy atom. The lowest BCUT2D eigenvalue weighted by Crippen LogP contribution is -2.41. The molecular weight excluding hydrogens is 236 g/mol. The summed E-state index contributed by atoms with van der Waals surface area (Å²) in [5.41, 5.74) is 2.15. The standard InChI is InChI=1S/C16H22N2O/c1-14(15-8-4-2-5-9-15)12-17-13-16(19)18-10-6-3-7-11-18/h2,4-5,8-9,17H,1,3,6-7,10-13H2. The number of carbonyl (C=O) groups is 1. The molecule has 1 heterocycles. The second-order valence-corrected chi connectivity index (χ2v) is 5.01. The zero-order valence-electron chi connectivity index (χ0n) is 11.4. The Hall–Kier alpha value is -1.61. The third-order valence-corrected chi connectivity index (χ3v) is 3.51. The van der Waals surface area contributed by atoms with Crippen LogP contribution in [0.2, 0.25) is 0 Å². The SMILES string of the molecule is C=C(CNCC(=O)N1CCCCC1)c1ccccc1. The fourth-order valence-electron chi connectivity index (χ4n) is 2.35. The molecule has 1 aliphatic rings. The second-order valence-electron chi connectivity index (χ2n) is 5.01. The van der Waals surface area contributed by atoms with Crippen LogP contribution in [0.1, 0.15) is 24.8 Å². The molecule has 0 radical (unpaired) electrons. The number of likely N-dealkylation sites (tertiary alicyclic amines) is 1. The van der Waals surface area contributed by atoms with Crippen LogP contribution in [-0.2, 0) is 4.79 Å². The number of nitrogens with one attached hydrogen (secondary N) is 1. The molecule has 1 aromatic rings. The minimum absolute atomic E-state index is 0.209. The number of hydrogen-bond donors (Lipinski definition) is 1. The van der Waals surface area contributed by atoms with Crippen LogP contribution in [0.15, 0.2) is 36.9 Å². The van der Waals surface area contributed by atoms with Crippen molar-refractivity contribution < 1.29 is 4.79 Å². The van der Waals surface area contributed by atoms with E-state index in [1.807, 2.05) is 35.2 Å². The number of carbonyl (C=O) groups excluding carboxylic acids is 1. The van der Waals surface area contributed by atoms with Crippen molar-refractivity contribution in [3.63, 3.8) is 0 Å². The lowest BCUT2D eigenvalue weighted by molar-refractivity contribution is -0.131. The van der Waals surface area contributed by atoms with Gasteiger partial charge in [-0.15, -0.1) is 0 Å². The Kier molecular flexibility index (Phi) is 5.16. The molecule has 0 bridgehead atoms. The van der Waals surface area contributed by atoms with Crippen molar-refractivity contribution in [2.45, 2.75) is 19.3 Å². The Morgan fingerprint density at radius 3 is 2.47 bits per heavy atom. The molecule has 102 valence electrons. The smallest absolute Gasteiger partial charge is 0.236 e. The van der Waals surface area contributed by atoms with Gasteiger partial charge in [-0.3, -0.25) is 4.79 Å². The van der Waals surface area contributed by atoms with E-state index in [-0.39, 0.29) is 5.91 Å². The van der Waals surface area contributed by atoms with Gasteiger partial charge in [-0.25, -0.2) is 0 Å². The number of amides is 1. The maximum atomic E-state index is 11.9. The summed E-state index contributed by atoms with van der Waals surface area (Å²) in [6.07, 6.45) is 3.53. The summed E-state index contributed by atoms with van der Waals surface area (Å²) in [5.74, 6) is 0.209. The van der Waals surface area contributed by atoms with Crippen LogP contribution < -0.4 is 5.32 Å². The van der Waals surface area contributed by atoms with Crippen molar-refractivity contribution >= 4 is 11.5 Å². The third-order valence-electron chi connectivity index (χ3n) is 3.51. The lowest BCUT2D eigenvalue weighted by Gasteiger charge is -2.26. The molecule has 1 aromatic carbocycles. The first-order valence-electron chi connectivity index (χ1n) is 6.99. The molecule has 3 nitrogen and oxygen atoms in total. The summed E-state index contributed by atoms with van der Waals surface area (Å²) in [5, 5.41) is 3.19. The third kappa shape index (κ3) is 4.21. The molecule has 1 saturated heterocycles.